The zero-order valence-electron chi connectivity index (χ0n) is 23.1. The fraction of sp³-hybridized carbons (Fsp3) is 0.680. The van der Waals surface area contributed by atoms with E-state index in [0.29, 0.717) is 24.3 Å². The highest BCUT2D eigenvalue weighted by Gasteiger charge is 2.46. The number of likely N-dealkylation sites (tertiary alicyclic amines) is 1. The molecule has 4 atom stereocenters. The Balaban J connectivity index is 2.21. The van der Waals surface area contributed by atoms with Crippen LogP contribution < -0.4 is 27.1 Å². The maximum atomic E-state index is 13.5. The summed E-state index contributed by atoms with van der Waals surface area (Å²) in [4.78, 5) is 89.7. The van der Waals surface area contributed by atoms with E-state index in [4.69, 9.17) is 5.73 Å². The number of carbonyl (C=O) groups is 6. The molecule has 0 aliphatic carbocycles. The first-order chi connectivity index (χ1) is 18.2. The van der Waals surface area contributed by atoms with Gasteiger partial charge in [-0.2, -0.15) is 0 Å². The molecule has 6 N–H and O–H groups in total. The Morgan fingerprint density at radius 2 is 1.77 bits per heavy atom. The molecule has 14 nitrogen and oxygen atoms in total. The second kappa shape index (κ2) is 13.8. The minimum Gasteiger partial charge on any atom is -0.394 e. The molecule has 0 bridgehead atoms. The number of allylic oxidation sites excluding steroid dienone is 1. The predicted molar refractivity (Wildman–Crippen MR) is 139 cm³/mol. The van der Waals surface area contributed by atoms with Gasteiger partial charge in [-0.15, -0.1) is 5.43 Å². The minimum atomic E-state index is -1.29. The van der Waals surface area contributed by atoms with Crippen LogP contribution in [0.25, 0.3) is 0 Å². The largest absolute Gasteiger partial charge is 0.394 e. The molecule has 2 rings (SSSR count). The van der Waals surface area contributed by atoms with Crippen molar-refractivity contribution in [3.63, 3.8) is 0 Å². The smallest absolute Gasteiger partial charge is 0.310 e. The van der Waals surface area contributed by atoms with Crippen molar-refractivity contribution in [1.29, 1.82) is 0 Å². The van der Waals surface area contributed by atoms with Crippen molar-refractivity contribution < 1.29 is 33.6 Å². The van der Waals surface area contributed by atoms with Crippen LogP contribution in [0, 0.1) is 16.7 Å². The van der Waals surface area contributed by atoms with E-state index < -0.39 is 53.5 Å². The Morgan fingerprint density at radius 1 is 1.10 bits per heavy atom. The Kier molecular flexibility index (Phi) is 11.1. The van der Waals surface area contributed by atoms with Crippen LogP contribution in [0.1, 0.15) is 60.3 Å². The molecule has 2 heterocycles. The van der Waals surface area contributed by atoms with Gasteiger partial charge in [-0.1, -0.05) is 13.8 Å². The van der Waals surface area contributed by atoms with Crippen molar-refractivity contribution in [3.8, 4) is 0 Å². The normalized spacial score (nSPS) is 20.8. The van der Waals surface area contributed by atoms with Crippen LogP contribution >= 0.6 is 0 Å². The Hall–Kier alpha value is -3.84. The van der Waals surface area contributed by atoms with E-state index in [-0.39, 0.29) is 43.0 Å². The summed E-state index contributed by atoms with van der Waals surface area (Å²) in [7, 11) is 0. The first-order valence-electron chi connectivity index (χ1n) is 13.2. The molecular formula is C25H40N7O7+. The Bertz CT molecular complexity index is 1040. The van der Waals surface area contributed by atoms with Crippen LogP contribution in [0.3, 0.4) is 0 Å². The Labute approximate surface area is 227 Å². The van der Waals surface area contributed by atoms with Gasteiger partial charge in [0, 0.05) is 37.5 Å². The molecule has 14 heteroatoms. The highest BCUT2D eigenvalue weighted by Crippen LogP contribution is 2.22. The molecule has 2 aliphatic heterocycles. The van der Waals surface area contributed by atoms with Crippen LogP contribution in [-0.4, -0.2) is 82.3 Å². The summed E-state index contributed by atoms with van der Waals surface area (Å²) in [6, 6.07) is -2.64. The van der Waals surface area contributed by atoms with Gasteiger partial charge >= 0.3 is 6.17 Å². The lowest BCUT2D eigenvalue weighted by molar-refractivity contribution is -0.658. The third-order valence-corrected chi connectivity index (χ3v) is 6.54. The molecule has 39 heavy (non-hydrogen) atoms. The molecular weight excluding hydrogens is 510 g/mol. The van der Waals surface area contributed by atoms with Gasteiger partial charge in [0.15, 0.2) is 11.8 Å². The van der Waals surface area contributed by atoms with Crippen LogP contribution in [0.5, 0.6) is 0 Å². The van der Waals surface area contributed by atoms with Crippen molar-refractivity contribution in [3.05, 3.63) is 16.7 Å². The number of hydrogen-bond acceptors (Lipinski definition) is 8. The summed E-state index contributed by atoms with van der Waals surface area (Å²) in [5.74, 6) is -4.71. The number of nitrogens with zero attached hydrogens (tertiary/aromatic N) is 2. The monoisotopic (exact) mass is 550 g/mol. The predicted octanol–water partition coefficient (Wildman–Crippen LogP) is -1.22. The summed E-state index contributed by atoms with van der Waals surface area (Å²) < 4.78 is 0. The number of hydrazine groups is 1. The van der Waals surface area contributed by atoms with Crippen molar-refractivity contribution in [1.82, 2.24) is 26.3 Å². The molecule has 4 amide bonds. The molecule has 2 fully saturated rings. The van der Waals surface area contributed by atoms with E-state index in [1.165, 1.54) is 11.8 Å². The average Bonchev–Trinajstić information content (AvgIpc) is 3.49. The first-order valence-corrected chi connectivity index (χ1v) is 13.2. The van der Waals surface area contributed by atoms with E-state index >= 15 is 0 Å². The van der Waals surface area contributed by atoms with Crippen LogP contribution in [0.4, 0.5) is 0 Å². The van der Waals surface area contributed by atoms with E-state index in [1.807, 2.05) is 0 Å². The lowest BCUT2D eigenvalue weighted by Crippen LogP contribution is -2.58. The molecule has 2 saturated heterocycles. The summed E-state index contributed by atoms with van der Waals surface area (Å²) in [5, 5.41) is 7.71. The van der Waals surface area contributed by atoms with Gasteiger partial charge in [0.2, 0.25) is 11.7 Å². The summed E-state index contributed by atoms with van der Waals surface area (Å²) >= 11 is 0. The minimum absolute atomic E-state index is 0.0674. The molecule has 0 saturated carbocycles. The lowest BCUT2D eigenvalue weighted by Gasteiger charge is -2.28. The van der Waals surface area contributed by atoms with Gasteiger partial charge in [-0.05, 0) is 46.0 Å². The topological polar surface area (TPSA) is 200 Å². The molecule has 0 aromatic rings. The third kappa shape index (κ3) is 8.58. The number of carbonyl (C=O) groups excluding carboxylic acids is 6. The number of ketones is 2. The molecule has 0 spiro atoms. The van der Waals surface area contributed by atoms with E-state index in [0.717, 1.165) is 6.08 Å². The average molecular weight is 551 g/mol. The fourth-order valence-corrected chi connectivity index (χ4v) is 4.56. The van der Waals surface area contributed by atoms with E-state index in [2.05, 4.69) is 21.4 Å². The number of Topliss-reactive ketones (excluding diaryl/α,β-unsaturated/α-hetero) is 1. The van der Waals surface area contributed by atoms with E-state index in [1.54, 1.807) is 27.7 Å². The second-order valence-electron chi connectivity index (χ2n) is 10.6. The zero-order valence-corrected chi connectivity index (χ0v) is 23.1. The van der Waals surface area contributed by atoms with Gasteiger partial charge in [0.05, 0.1) is 4.91 Å². The van der Waals surface area contributed by atoms with Crippen molar-refractivity contribution in [2.75, 3.05) is 13.1 Å². The first kappa shape index (κ1) is 31.4. The SMILES string of the molecule is CC(=O)/C=C(\N)C(=O)N[C@H](C(=O)N1CCCC1[N+](=O)N[C@@H](C[C@@H]1CCNC1=O)C(=O)C(=O)NC(C)C)C(C)C. The quantitative estimate of drug-likeness (QED) is 0.0807. The number of nitroso groups, excluding NO2 is 1. The van der Waals surface area contributed by atoms with Crippen molar-refractivity contribution in [2.45, 2.75) is 84.6 Å². The number of nitrogens with one attached hydrogen (secondary N) is 4. The Morgan fingerprint density at radius 3 is 2.31 bits per heavy atom. The van der Waals surface area contributed by atoms with Gasteiger partial charge in [-0.3, -0.25) is 33.7 Å². The standard InChI is InChI=1S/C25H39N7O7/c1-13(2)20(29-23(36)17(26)11-15(5)33)25(38)31-10-6-7-19(31)32(39)30-18(12-16-8-9-27-22(16)35)21(34)24(37)28-14(3)4/h11,13-14,16,18-20H,6-10,12H2,1-5H3,(H5-,26,27,28,29,30,33,35,36,37,39)/p+1/t16-,18-,19?,20-/m0/s1. The lowest BCUT2D eigenvalue weighted by atomic mass is 9.96. The third-order valence-electron chi connectivity index (χ3n) is 6.54. The molecule has 2 aliphatic rings. The molecule has 0 aromatic heterocycles. The molecule has 0 radical (unpaired) electrons. The maximum absolute atomic E-state index is 13.5. The zero-order chi connectivity index (χ0) is 29.4. The van der Waals surface area contributed by atoms with Crippen molar-refractivity contribution in [2.24, 2.45) is 17.6 Å². The highest BCUT2D eigenvalue weighted by molar-refractivity contribution is 6.38. The van der Waals surface area contributed by atoms with Gasteiger partial charge in [-0.25, -0.2) is 0 Å². The molecule has 1 unspecified atom stereocenters. The van der Waals surface area contributed by atoms with Crippen molar-refractivity contribution >= 4 is 35.2 Å². The molecule has 216 valence electrons. The summed E-state index contributed by atoms with van der Waals surface area (Å²) in [6.07, 6.45) is 1.08. The number of amides is 4. The van der Waals surface area contributed by atoms with E-state index in [9.17, 15) is 33.7 Å². The number of rotatable bonds is 13. The van der Waals surface area contributed by atoms with Crippen LogP contribution in [0.2, 0.25) is 0 Å². The van der Waals surface area contributed by atoms with Gasteiger partial charge in [0.1, 0.15) is 16.6 Å². The molecule has 0 aromatic carbocycles. The van der Waals surface area contributed by atoms with Crippen LogP contribution in [0.15, 0.2) is 11.8 Å². The summed E-state index contributed by atoms with van der Waals surface area (Å²) in [5.41, 5.74) is 7.84. The fourth-order valence-electron chi connectivity index (χ4n) is 4.56. The maximum Gasteiger partial charge on any atom is 0.310 e. The van der Waals surface area contributed by atoms with Gasteiger partial charge in [0.25, 0.3) is 17.7 Å². The summed E-state index contributed by atoms with van der Waals surface area (Å²) in [6.45, 7) is 8.68. The number of hydrogen-bond donors (Lipinski definition) is 5. The highest BCUT2D eigenvalue weighted by atomic mass is 16.3. The second-order valence-corrected chi connectivity index (χ2v) is 10.6. The number of nitrogens with two attached hydrogens (primary N) is 1. The van der Waals surface area contributed by atoms with Crippen LogP contribution in [-0.2, 0) is 28.8 Å². The van der Waals surface area contributed by atoms with Gasteiger partial charge < -0.3 is 21.7 Å².